The predicted molar refractivity (Wildman–Crippen MR) is 51.1 cm³/mol. The average Bonchev–Trinajstić information content (AvgIpc) is 2.17. The van der Waals surface area contributed by atoms with Crippen molar-refractivity contribution >= 4 is 0 Å². The Morgan fingerprint density at radius 1 is 1.33 bits per heavy atom. The molecule has 0 amide bonds. The maximum absolute atomic E-state index is 5.89. The molecular weight excluding hydrogens is 150 g/mol. The Morgan fingerprint density at radius 3 is 2.50 bits per heavy atom. The van der Waals surface area contributed by atoms with Gasteiger partial charge < -0.3 is 4.74 Å². The SMILES string of the molecule is CCN(C)C1(CC)CCCCO1. The van der Waals surface area contributed by atoms with Crippen LogP contribution in [-0.4, -0.2) is 30.8 Å². The van der Waals surface area contributed by atoms with Gasteiger partial charge in [0.05, 0.1) is 0 Å². The molecule has 0 spiro atoms. The highest BCUT2D eigenvalue weighted by molar-refractivity contribution is 4.80. The van der Waals surface area contributed by atoms with Gasteiger partial charge in [0.15, 0.2) is 0 Å². The van der Waals surface area contributed by atoms with Crippen LogP contribution in [-0.2, 0) is 4.74 Å². The second-order valence-corrected chi connectivity index (χ2v) is 3.62. The summed E-state index contributed by atoms with van der Waals surface area (Å²) in [4.78, 5) is 2.34. The van der Waals surface area contributed by atoms with Crippen molar-refractivity contribution in [3.63, 3.8) is 0 Å². The third-order valence-corrected chi connectivity index (χ3v) is 3.05. The first kappa shape index (κ1) is 10.0. The largest absolute Gasteiger partial charge is 0.360 e. The van der Waals surface area contributed by atoms with E-state index < -0.39 is 0 Å². The summed E-state index contributed by atoms with van der Waals surface area (Å²) in [6.07, 6.45) is 4.86. The van der Waals surface area contributed by atoms with Gasteiger partial charge in [-0.3, -0.25) is 4.90 Å². The van der Waals surface area contributed by atoms with E-state index in [1.54, 1.807) is 0 Å². The first-order valence-electron chi connectivity index (χ1n) is 5.10. The molecule has 0 saturated carbocycles. The Labute approximate surface area is 75.9 Å². The van der Waals surface area contributed by atoms with Gasteiger partial charge in [0.1, 0.15) is 5.72 Å². The molecule has 1 fully saturated rings. The summed E-state index contributed by atoms with van der Waals surface area (Å²) >= 11 is 0. The zero-order chi connectivity index (χ0) is 9.03. The van der Waals surface area contributed by atoms with E-state index in [4.69, 9.17) is 4.74 Å². The summed E-state index contributed by atoms with van der Waals surface area (Å²) in [5.41, 5.74) is 0.0625. The van der Waals surface area contributed by atoms with E-state index in [0.29, 0.717) is 0 Å². The van der Waals surface area contributed by atoms with Crippen LogP contribution in [0.3, 0.4) is 0 Å². The summed E-state index contributed by atoms with van der Waals surface area (Å²) in [6.45, 7) is 6.43. The van der Waals surface area contributed by atoms with Crippen molar-refractivity contribution in [2.24, 2.45) is 0 Å². The van der Waals surface area contributed by atoms with Crippen LogP contribution in [0.1, 0.15) is 39.5 Å². The van der Waals surface area contributed by atoms with E-state index in [1.165, 1.54) is 19.3 Å². The molecule has 1 saturated heterocycles. The fourth-order valence-corrected chi connectivity index (χ4v) is 1.98. The molecule has 0 N–H and O–H groups in total. The minimum Gasteiger partial charge on any atom is -0.360 e. The molecule has 2 heteroatoms. The van der Waals surface area contributed by atoms with Gasteiger partial charge in [0.25, 0.3) is 0 Å². The van der Waals surface area contributed by atoms with Crippen LogP contribution in [0.4, 0.5) is 0 Å². The van der Waals surface area contributed by atoms with Gasteiger partial charge in [-0.2, -0.15) is 0 Å². The molecule has 0 aromatic carbocycles. The van der Waals surface area contributed by atoms with Crippen molar-refractivity contribution in [2.75, 3.05) is 20.2 Å². The van der Waals surface area contributed by atoms with E-state index >= 15 is 0 Å². The summed E-state index contributed by atoms with van der Waals surface area (Å²) in [5.74, 6) is 0. The molecule has 1 unspecified atom stereocenters. The highest BCUT2D eigenvalue weighted by Crippen LogP contribution is 2.30. The molecule has 0 bridgehead atoms. The van der Waals surface area contributed by atoms with Crippen molar-refractivity contribution in [1.29, 1.82) is 0 Å². The average molecular weight is 171 g/mol. The third-order valence-electron chi connectivity index (χ3n) is 3.05. The van der Waals surface area contributed by atoms with E-state index in [9.17, 15) is 0 Å². The Hall–Kier alpha value is -0.0800. The molecule has 1 atom stereocenters. The van der Waals surface area contributed by atoms with Gasteiger partial charge >= 0.3 is 0 Å². The molecule has 0 aromatic heterocycles. The van der Waals surface area contributed by atoms with E-state index in [2.05, 4.69) is 25.8 Å². The van der Waals surface area contributed by atoms with Crippen molar-refractivity contribution in [2.45, 2.75) is 45.3 Å². The second kappa shape index (κ2) is 4.24. The van der Waals surface area contributed by atoms with E-state index in [-0.39, 0.29) is 5.72 Å². The van der Waals surface area contributed by atoms with E-state index in [1.807, 2.05) is 0 Å². The van der Waals surface area contributed by atoms with Gasteiger partial charge in [-0.15, -0.1) is 0 Å². The molecule has 1 rings (SSSR count). The number of nitrogens with zero attached hydrogens (tertiary/aromatic N) is 1. The zero-order valence-electron chi connectivity index (χ0n) is 8.60. The number of rotatable bonds is 3. The third kappa shape index (κ3) is 1.80. The lowest BCUT2D eigenvalue weighted by atomic mass is 9.98. The van der Waals surface area contributed by atoms with Crippen LogP contribution in [0.25, 0.3) is 0 Å². The normalized spacial score (nSPS) is 31.0. The molecule has 0 radical (unpaired) electrons. The maximum Gasteiger partial charge on any atom is 0.121 e. The zero-order valence-corrected chi connectivity index (χ0v) is 8.60. The molecule has 1 aliphatic heterocycles. The van der Waals surface area contributed by atoms with Gasteiger partial charge in [0.2, 0.25) is 0 Å². The Morgan fingerprint density at radius 2 is 2.08 bits per heavy atom. The Balaban J connectivity index is 2.59. The smallest absolute Gasteiger partial charge is 0.121 e. The highest BCUT2D eigenvalue weighted by Gasteiger charge is 2.34. The Kier molecular flexibility index (Phi) is 3.53. The summed E-state index contributed by atoms with van der Waals surface area (Å²) < 4.78 is 5.89. The van der Waals surface area contributed by atoms with Gasteiger partial charge in [0, 0.05) is 6.61 Å². The monoisotopic (exact) mass is 171 g/mol. The fraction of sp³-hybridized carbons (Fsp3) is 1.00. The van der Waals surface area contributed by atoms with Crippen LogP contribution in [0.5, 0.6) is 0 Å². The van der Waals surface area contributed by atoms with E-state index in [0.717, 1.165) is 19.6 Å². The Bertz CT molecular complexity index is 130. The maximum atomic E-state index is 5.89. The van der Waals surface area contributed by atoms with Crippen LogP contribution >= 0.6 is 0 Å². The summed E-state index contributed by atoms with van der Waals surface area (Å²) in [5, 5.41) is 0. The molecule has 1 aliphatic rings. The van der Waals surface area contributed by atoms with Crippen LogP contribution < -0.4 is 0 Å². The quantitative estimate of drug-likeness (QED) is 0.645. The van der Waals surface area contributed by atoms with Gasteiger partial charge in [-0.05, 0) is 39.3 Å². The number of hydrogen-bond donors (Lipinski definition) is 0. The van der Waals surface area contributed by atoms with Crippen molar-refractivity contribution in [3.05, 3.63) is 0 Å². The standard InChI is InChI=1S/C10H21NO/c1-4-10(11(3)5-2)8-6-7-9-12-10/h4-9H2,1-3H3. The molecule has 2 nitrogen and oxygen atoms in total. The molecular formula is C10H21NO. The van der Waals surface area contributed by atoms with Gasteiger partial charge in [-0.1, -0.05) is 13.8 Å². The molecule has 1 heterocycles. The first-order chi connectivity index (χ1) is 5.75. The van der Waals surface area contributed by atoms with Crippen molar-refractivity contribution < 1.29 is 4.74 Å². The fourth-order valence-electron chi connectivity index (χ4n) is 1.98. The highest BCUT2D eigenvalue weighted by atomic mass is 16.5. The molecule has 0 aliphatic carbocycles. The number of ether oxygens (including phenoxy) is 1. The number of hydrogen-bond acceptors (Lipinski definition) is 2. The predicted octanol–water partition coefficient (Wildman–Crippen LogP) is 2.24. The molecule has 0 aromatic rings. The summed E-state index contributed by atoms with van der Waals surface area (Å²) in [6, 6.07) is 0. The lowest BCUT2D eigenvalue weighted by Gasteiger charge is -2.43. The lowest BCUT2D eigenvalue weighted by molar-refractivity contribution is -0.172. The van der Waals surface area contributed by atoms with Crippen molar-refractivity contribution in [3.8, 4) is 0 Å². The van der Waals surface area contributed by atoms with Crippen molar-refractivity contribution in [1.82, 2.24) is 4.90 Å². The van der Waals surface area contributed by atoms with Crippen LogP contribution in [0.15, 0.2) is 0 Å². The van der Waals surface area contributed by atoms with Crippen LogP contribution in [0, 0.1) is 0 Å². The topological polar surface area (TPSA) is 12.5 Å². The van der Waals surface area contributed by atoms with Crippen LogP contribution in [0.2, 0.25) is 0 Å². The minimum atomic E-state index is 0.0625. The summed E-state index contributed by atoms with van der Waals surface area (Å²) in [7, 11) is 2.16. The lowest BCUT2D eigenvalue weighted by Crippen LogP contribution is -2.50. The molecule has 72 valence electrons. The molecule has 12 heavy (non-hydrogen) atoms. The minimum absolute atomic E-state index is 0.0625. The first-order valence-corrected chi connectivity index (χ1v) is 5.10. The van der Waals surface area contributed by atoms with Gasteiger partial charge in [-0.25, -0.2) is 0 Å². The second-order valence-electron chi connectivity index (χ2n) is 3.62.